The molecule has 2 aromatic carbocycles. The van der Waals surface area contributed by atoms with Crippen molar-refractivity contribution in [3.05, 3.63) is 63.6 Å². The first-order valence-corrected chi connectivity index (χ1v) is 15.1. The molecule has 10 heteroatoms. The number of hydrogen-bond acceptors (Lipinski definition) is 4. The Bertz CT molecular complexity index is 1170. The van der Waals surface area contributed by atoms with Gasteiger partial charge in [-0.05, 0) is 56.9 Å². The lowest BCUT2D eigenvalue weighted by atomic mass is 10.1. The van der Waals surface area contributed by atoms with Gasteiger partial charge in [-0.25, -0.2) is 8.42 Å². The van der Waals surface area contributed by atoms with E-state index < -0.39 is 16.1 Å². The Kier molecular flexibility index (Phi) is 11.7. The lowest BCUT2D eigenvalue weighted by molar-refractivity contribution is -0.141. The predicted molar refractivity (Wildman–Crippen MR) is 152 cm³/mol. The quantitative estimate of drug-likeness (QED) is 0.341. The Morgan fingerprint density at radius 2 is 1.68 bits per heavy atom. The number of amides is 2. The van der Waals surface area contributed by atoms with Crippen molar-refractivity contribution in [2.45, 2.75) is 72.0 Å². The van der Waals surface area contributed by atoms with Crippen molar-refractivity contribution in [2.75, 3.05) is 17.1 Å². The Labute approximate surface area is 231 Å². The summed E-state index contributed by atoms with van der Waals surface area (Å²) in [6.45, 7) is 8.10. The normalized spacial score (nSPS) is 13.1. The molecule has 2 atom stereocenters. The van der Waals surface area contributed by atoms with E-state index in [4.69, 9.17) is 23.2 Å². The van der Waals surface area contributed by atoms with Crippen LogP contribution < -0.4 is 9.62 Å². The van der Waals surface area contributed by atoms with E-state index in [1.807, 2.05) is 52.0 Å². The second-order valence-electron chi connectivity index (χ2n) is 9.28. The van der Waals surface area contributed by atoms with Gasteiger partial charge >= 0.3 is 0 Å². The van der Waals surface area contributed by atoms with E-state index in [0.29, 0.717) is 11.4 Å². The van der Waals surface area contributed by atoms with Crippen LogP contribution in [0.3, 0.4) is 0 Å². The number of nitrogens with zero attached hydrogens (tertiary/aromatic N) is 2. The smallest absolute Gasteiger partial charge is 0.243 e. The summed E-state index contributed by atoms with van der Waals surface area (Å²) < 4.78 is 26.2. The van der Waals surface area contributed by atoms with Crippen LogP contribution in [0.1, 0.15) is 57.6 Å². The van der Waals surface area contributed by atoms with Crippen LogP contribution in [0.15, 0.2) is 42.5 Å². The third-order valence-corrected chi connectivity index (χ3v) is 7.92. The fraction of sp³-hybridized carbons (Fsp3) is 0.481. The van der Waals surface area contributed by atoms with E-state index in [1.54, 1.807) is 11.0 Å². The zero-order valence-corrected chi connectivity index (χ0v) is 24.5. The third kappa shape index (κ3) is 9.20. The van der Waals surface area contributed by atoms with Crippen molar-refractivity contribution < 1.29 is 18.0 Å². The highest BCUT2D eigenvalue weighted by Gasteiger charge is 2.29. The van der Waals surface area contributed by atoms with Crippen LogP contribution in [0.25, 0.3) is 0 Å². The van der Waals surface area contributed by atoms with Crippen LogP contribution in [0.2, 0.25) is 10.0 Å². The minimum atomic E-state index is -3.68. The lowest BCUT2D eigenvalue weighted by Crippen LogP contribution is -2.50. The van der Waals surface area contributed by atoms with Gasteiger partial charge in [0.25, 0.3) is 0 Å². The first-order chi connectivity index (χ1) is 17.4. The van der Waals surface area contributed by atoms with Crippen LogP contribution in [0.4, 0.5) is 5.69 Å². The van der Waals surface area contributed by atoms with E-state index in [1.165, 1.54) is 12.1 Å². The minimum Gasteiger partial charge on any atom is -0.352 e. The van der Waals surface area contributed by atoms with Gasteiger partial charge in [-0.2, -0.15) is 0 Å². The van der Waals surface area contributed by atoms with E-state index in [-0.39, 0.29) is 54.5 Å². The van der Waals surface area contributed by atoms with Crippen molar-refractivity contribution in [1.29, 1.82) is 0 Å². The van der Waals surface area contributed by atoms with E-state index in [0.717, 1.165) is 28.1 Å². The molecule has 0 unspecified atom stereocenters. The second kappa shape index (κ2) is 14.0. The molecule has 0 aromatic heterocycles. The highest BCUT2D eigenvalue weighted by Crippen LogP contribution is 2.31. The van der Waals surface area contributed by atoms with E-state index >= 15 is 0 Å². The van der Waals surface area contributed by atoms with Gasteiger partial charge in [0.05, 0.1) is 17.0 Å². The Hall–Kier alpha value is -2.29. The molecule has 2 amide bonds. The van der Waals surface area contributed by atoms with Crippen LogP contribution in [-0.2, 0) is 26.2 Å². The Morgan fingerprint density at radius 3 is 2.24 bits per heavy atom. The monoisotopic (exact) mass is 569 g/mol. The molecule has 0 bridgehead atoms. The zero-order chi connectivity index (χ0) is 27.8. The molecule has 2 aromatic rings. The molecule has 0 aliphatic rings. The summed E-state index contributed by atoms with van der Waals surface area (Å²) in [7, 11) is -3.68. The maximum Gasteiger partial charge on any atom is 0.243 e. The van der Waals surface area contributed by atoms with Crippen molar-refractivity contribution in [2.24, 2.45) is 0 Å². The van der Waals surface area contributed by atoms with Crippen molar-refractivity contribution in [1.82, 2.24) is 10.2 Å². The van der Waals surface area contributed by atoms with Crippen molar-refractivity contribution >= 4 is 50.7 Å². The summed E-state index contributed by atoms with van der Waals surface area (Å²) >= 11 is 12.3. The number of carbonyl (C=O) groups is 2. The Morgan fingerprint density at radius 1 is 1.03 bits per heavy atom. The van der Waals surface area contributed by atoms with Gasteiger partial charge in [0.15, 0.2) is 0 Å². The van der Waals surface area contributed by atoms with Crippen molar-refractivity contribution in [3.63, 3.8) is 0 Å². The number of rotatable bonds is 13. The molecular formula is C27H37Cl2N3O4S. The summed E-state index contributed by atoms with van der Waals surface area (Å²) in [4.78, 5) is 28.2. The molecule has 2 rings (SSSR count). The molecule has 0 spiro atoms. The molecule has 7 nitrogen and oxygen atoms in total. The standard InChI is InChI=1S/C27H37Cl2N3O4S/c1-6-20(4)30-27(34)24(7-2)31(18-21-12-10-19(3)11-13-21)26(33)9-8-16-32(37(5,35)36)25-17-22(28)14-15-23(25)29/h10-15,17,20,24H,6-9,16,18H2,1-5H3,(H,30,34)/t20-,24-/m1/s1. The molecule has 0 saturated carbocycles. The maximum absolute atomic E-state index is 13.5. The maximum atomic E-state index is 13.5. The van der Waals surface area contributed by atoms with Crippen LogP contribution in [-0.4, -0.2) is 50.0 Å². The van der Waals surface area contributed by atoms with Gasteiger partial charge in [0.1, 0.15) is 6.04 Å². The van der Waals surface area contributed by atoms with Crippen LogP contribution >= 0.6 is 23.2 Å². The van der Waals surface area contributed by atoms with E-state index in [2.05, 4.69) is 5.32 Å². The lowest BCUT2D eigenvalue weighted by Gasteiger charge is -2.32. The predicted octanol–water partition coefficient (Wildman–Crippen LogP) is 5.57. The highest BCUT2D eigenvalue weighted by molar-refractivity contribution is 7.92. The van der Waals surface area contributed by atoms with Gasteiger partial charge in [-0.3, -0.25) is 13.9 Å². The minimum absolute atomic E-state index is 0.0105. The van der Waals surface area contributed by atoms with Crippen LogP contribution in [0.5, 0.6) is 0 Å². The average molecular weight is 571 g/mol. The Balaban J connectivity index is 2.25. The van der Waals surface area contributed by atoms with Gasteiger partial charge in [0.2, 0.25) is 21.8 Å². The SMILES string of the molecule is CC[C@@H](C)NC(=O)[C@@H](CC)N(Cc1ccc(C)cc1)C(=O)CCCN(c1cc(Cl)ccc1Cl)S(C)(=O)=O. The summed E-state index contributed by atoms with van der Waals surface area (Å²) in [5.74, 6) is -0.418. The number of aryl methyl sites for hydroxylation is 1. The molecule has 0 radical (unpaired) electrons. The largest absolute Gasteiger partial charge is 0.352 e. The highest BCUT2D eigenvalue weighted by atomic mass is 35.5. The van der Waals surface area contributed by atoms with Gasteiger partial charge in [0, 0.05) is 30.6 Å². The fourth-order valence-corrected chi connectivity index (χ4v) is 5.32. The molecule has 204 valence electrons. The molecule has 0 saturated heterocycles. The van der Waals surface area contributed by atoms with Gasteiger partial charge < -0.3 is 10.2 Å². The molecule has 0 aliphatic heterocycles. The zero-order valence-electron chi connectivity index (χ0n) is 22.1. The summed E-state index contributed by atoms with van der Waals surface area (Å²) in [5, 5.41) is 3.59. The third-order valence-electron chi connectivity index (χ3n) is 6.19. The molecule has 37 heavy (non-hydrogen) atoms. The first kappa shape index (κ1) is 30.9. The summed E-state index contributed by atoms with van der Waals surface area (Å²) in [6, 6.07) is 11.8. The number of halogens is 2. The molecule has 0 fully saturated rings. The molecular weight excluding hydrogens is 533 g/mol. The van der Waals surface area contributed by atoms with E-state index in [9.17, 15) is 18.0 Å². The number of sulfonamides is 1. The van der Waals surface area contributed by atoms with Gasteiger partial charge in [-0.1, -0.05) is 66.9 Å². The second-order valence-corrected chi connectivity index (χ2v) is 12.0. The topological polar surface area (TPSA) is 86.8 Å². The number of anilines is 1. The fourth-order valence-electron chi connectivity index (χ4n) is 3.91. The van der Waals surface area contributed by atoms with Crippen LogP contribution in [0, 0.1) is 6.92 Å². The number of hydrogen-bond donors (Lipinski definition) is 1. The number of nitrogens with one attached hydrogen (secondary N) is 1. The summed E-state index contributed by atoms with van der Waals surface area (Å²) in [6.07, 6.45) is 2.61. The molecule has 1 N–H and O–H groups in total. The van der Waals surface area contributed by atoms with Gasteiger partial charge in [-0.15, -0.1) is 0 Å². The number of benzene rings is 2. The first-order valence-electron chi connectivity index (χ1n) is 12.5. The summed E-state index contributed by atoms with van der Waals surface area (Å²) in [5.41, 5.74) is 2.28. The molecule has 0 heterocycles. The number of carbonyl (C=O) groups excluding carboxylic acids is 2. The van der Waals surface area contributed by atoms with Crippen molar-refractivity contribution in [3.8, 4) is 0 Å². The average Bonchev–Trinajstić information content (AvgIpc) is 2.83. The molecule has 0 aliphatic carbocycles.